The van der Waals surface area contributed by atoms with Gasteiger partial charge >= 0.3 is 0 Å². The number of aryl methyl sites for hydroxylation is 1. The van der Waals surface area contributed by atoms with Crippen molar-refractivity contribution in [2.75, 3.05) is 5.32 Å². The summed E-state index contributed by atoms with van der Waals surface area (Å²) in [6.45, 7) is 0. The van der Waals surface area contributed by atoms with Crippen molar-refractivity contribution in [3.8, 4) is 5.75 Å². The quantitative estimate of drug-likeness (QED) is 0.318. The molecular weight excluding hydrogens is 366 g/mol. The Balaban J connectivity index is 1.92. The Morgan fingerprint density at radius 3 is 2.68 bits per heavy atom. The van der Waals surface area contributed by atoms with Gasteiger partial charge in [-0.15, -0.1) is 0 Å². The van der Waals surface area contributed by atoms with Crippen molar-refractivity contribution in [1.82, 2.24) is 5.32 Å². The van der Waals surface area contributed by atoms with Crippen molar-refractivity contribution in [2.45, 2.75) is 12.8 Å². The Bertz CT molecular complexity index is 829. The maximum Gasteiger partial charge on any atom is 0.271 e. The summed E-state index contributed by atoms with van der Waals surface area (Å²) in [5.74, 6) is -0.569. The van der Waals surface area contributed by atoms with Gasteiger partial charge < -0.3 is 15.7 Å². The Labute approximate surface area is 153 Å². The molecule has 0 radical (unpaired) electrons. The molecular formula is C16H14ClN3O4S. The highest BCUT2D eigenvalue weighted by Crippen LogP contribution is 2.27. The number of thiocarbonyl (C=S) groups is 1. The van der Waals surface area contributed by atoms with Crippen LogP contribution in [0.2, 0.25) is 5.02 Å². The van der Waals surface area contributed by atoms with Gasteiger partial charge in [0.2, 0.25) is 5.91 Å². The number of phenols is 1. The number of halogens is 1. The number of hydrogen-bond donors (Lipinski definition) is 3. The average Bonchev–Trinajstić information content (AvgIpc) is 2.55. The molecule has 0 unspecified atom stereocenters. The number of hydrogen-bond acceptors (Lipinski definition) is 5. The number of non-ortho nitro benzene ring substituents is 1. The van der Waals surface area contributed by atoms with Crippen LogP contribution in [0.15, 0.2) is 42.5 Å². The standard InChI is InChI=1S/C16H14ClN3O4S/c17-12-4-2-1-3-10(12)5-8-15(22)19-16(25)18-13-9-11(20(23)24)6-7-14(13)21/h1-4,6-7,9,21H,5,8H2,(H2,18,19,22,25). The molecule has 0 aliphatic heterocycles. The van der Waals surface area contributed by atoms with E-state index in [1.165, 1.54) is 6.07 Å². The molecule has 9 heteroatoms. The third-order valence-corrected chi connectivity index (χ3v) is 3.84. The number of phenolic OH excluding ortho intramolecular Hbond substituents is 1. The first-order valence-electron chi connectivity index (χ1n) is 7.18. The molecule has 130 valence electrons. The van der Waals surface area contributed by atoms with Crippen LogP contribution in [0.5, 0.6) is 5.75 Å². The third-order valence-electron chi connectivity index (χ3n) is 3.27. The van der Waals surface area contributed by atoms with Gasteiger partial charge in [0.15, 0.2) is 5.11 Å². The molecule has 0 aliphatic rings. The first-order chi connectivity index (χ1) is 11.9. The van der Waals surface area contributed by atoms with Gasteiger partial charge in [-0.05, 0) is 36.3 Å². The second-order valence-electron chi connectivity index (χ2n) is 5.05. The lowest BCUT2D eigenvalue weighted by atomic mass is 10.1. The van der Waals surface area contributed by atoms with E-state index in [1.807, 2.05) is 12.1 Å². The van der Waals surface area contributed by atoms with E-state index in [9.17, 15) is 20.0 Å². The van der Waals surface area contributed by atoms with Crippen molar-refractivity contribution >= 4 is 46.2 Å². The molecule has 0 bridgehead atoms. The van der Waals surface area contributed by atoms with Gasteiger partial charge in [-0.1, -0.05) is 29.8 Å². The molecule has 1 amide bonds. The zero-order valence-electron chi connectivity index (χ0n) is 12.9. The van der Waals surface area contributed by atoms with Gasteiger partial charge in [-0.3, -0.25) is 14.9 Å². The monoisotopic (exact) mass is 379 g/mol. The Kier molecular flexibility index (Phi) is 6.26. The fraction of sp³-hybridized carbons (Fsp3) is 0.125. The summed E-state index contributed by atoms with van der Waals surface area (Å²) in [7, 11) is 0. The summed E-state index contributed by atoms with van der Waals surface area (Å²) in [6.07, 6.45) is 0.600. The number of benzene rings is 2. The molecule has 0 heterocycles. The highest BCUT2D eigenvalue weighted by atomic mass is 35.5. The maximum atomic E-state index is 11.9. The largest absolute Gasteiger partial charge is 0.506 e. The fourth-order valence-electron chi connectivity index (χ4n) is 2.03. The van der Waals surface area contributed by atoms with E-state index in [0.717, 1.165) is 17.7 Å². The molecule has 3 N–H and O–H groups in total. The topological polar surface area (TPSA) is 104 Å². The lowest BCUT2D eigenvalue weighted by Crippen LogP contribution is -2.34. The normalized spacial score (nSPS) is 10.1. The number of nitrogens with one attached hydrogen (secondary N) is 2. The number of amides is 1. The lowest BCUT2D eigenvalue weighted by Gasteiger charge is -2.11. The van der Waals surface area contributed by atoms with E-state index in [4.69, 9.17) is 23.8 Å². The number of nitro groups is 1. The predicted octanol–water partition coefficient (Wildman–Crippen LogP) is 3.40. The van der Waals surface area contributed by atoms with Gasteiger partial charge in [-0.2, -0.15) is 0 Å². The van der Waals surface area contributed by atoms with E-state index in [0.29, 0.717) is 11.4 Å². The first-order valence-corrected chi connectivity index (χ1v) is 7.97. The molecule has 0 saturated carbocycles. The third kappa shape index (κ3) is 5.40. The van der Waals surface area contributed by atoms with Gasteiger partial charge in [-0.25, -0.2) is 0 Å². The molecule has 2 aromatic rings. The molecule has 0 aromatic heterocycles. The molecule has 2 aromatic carbocycles. The van der Waals surface area contributed by atoms with Crippen LogP contribution in [0, 0.1) is 10.1 Å². The zero-order chi connectivity index (χ0) is 18.4. The molecule has 0 fully saturated rings. The van der Waals surface area contributed by atoms with Crippen LogP contribution in [0.1, 0.15) is 12.0 Å². The second kappa shape index (κ2) is 8.41. The summed E-state index contributed by atoms with van der Waals surface area (Å²) < 4.78 is 0. The zero-order valence-corrected chi connectivity index (χ0v) is 14.4. The number of carbonyl (C=O) groups is 1. The SMILES string of the molecule is O=C(CCc1ccccc1Cl)NC(=S)Nc1cc([N+](=O)[O-])ccc1O. The van der Waals surface area contributed by atoms with Crippen molar-refractivity contribution in [2.24, 2.45) is 0 Å². The summed E-state index contributed by atoms with van der Waals surface area (Å²) in [4.78, 5) is 22.1. The number of aromatic hydroxyl groups is 1. The molecule has 2 rings (SSSR count). The molecule has 0 spiro atoms. The molecule has 25 heavy (non-hydrogen) atoms. The summed E-state index contributed by atoms with van der Waals surface area (Å²) in [5, 5.41) is 26.0. The van der Waals surface area contributed by atoms with Crippen molar-refractivity contribution in [1.29, 1.82) is 0 Å². The van der Waals surface area contributed by atoms with Crippen LogP contribution < -0.4 is 10.6 Å². The Hall–Kier alpha value is -2.71. The number of anilines is 1. The summed E-state index contributed by atoms with van der Waals surface area (Å²) >= 11 is 11.0. The van der Waals surface area contributed by atoms with Crippen LogP contribution >= 0.6 is 23.8 Å². The Morgan fingerprint density at radius 1 is 1.28 bits per heavy atom. The molecule has 7 nitrogen and oxygen atoms in total. The average molecular weight is 380 g/mol. The number of rotatable bonds is 5. The van der Waals surface area contributed by atoms with E-state index in [-0.39, 0.29) is 34.6 Å². The number of nitro benzene ring substituents is 1. The smallest absolute Gasteiger partial charge is 0.271 e. The summed E-state index contributed by atoms with van der Waals surface area (Å²) in [5.41, 5.74) is 0.660. The summed E-state index contributed by atoms with van der Waals surface area (Å²) in [6, 6.07) is 10.7. The molecule has 0 aliphatic carbocycles. The van der Waals surface area contributed by atoms with Crippen molar-refractivity contribution < 1.29 is 14.8 Å². The predicted molar refractivity (Wildman–Crippen MR) is 98.9 cm³/mol. The maximum absolute atomic E-state index is 11.9. The minimum absolute atomic E-state index is 0.0330. The van der Waals surface area contributed by atoms with Gasteiger partial charge in [0.05, 0.1) is 10.6 Å². The molecule has 0 atom stereocenters. The minimum atomic E-state index is -0.601. The van der Waals surface area contributed by atoms with Gasteiger partial charge in [0, 0.05) is 23.6 Å². The van der Waals surface area contributed by atoms with Crippen molar-refractivity contribution in [3.05, 3.63) is 63.2 Å². The van der Waals surface area contributed by atoms with Crippen LogP contribution in [0.4, 0.5) is 11.4 Å². The van der Waals surface area contributed by atoms with E-state index in [2.05, 4.69) is 10.6 Å². The highest BCUT2D eigenvalue weighted by molar-refractivity contribution is 7.80. The lowest BCUT2D eigenvalue weighted by molar-refractivity contribution is -0.384. The Morgan fingerprint density at radius 2 is 2.00 bits per heavy atom. The van der Waals surface area contributed by atoms with E-state index >= 15 is 0 Å². The van der Waals surface area contributed by atoms with Crippen molar-refractivity contribution in [3.63, 3.8) is 0 Å². The van der Waals surface area contributed by atoms with Crippen LogP contribution in [-0.2, 0) is 11.2 Å². The van der Waals surface area contributed by atoms with E-state index < -0.39 is 4.92 Å². The van der Waals surface area contributed by atoms with Crippen LogP contribution in [0.25, 0.3) is 0 Å². The number of carbonyl (C=O) groups excluding carboxylic acids is 1. The van der Waals surface area contributed by atoms with E-state index in [1.54, 1.807) is 12.1 Å². The van der Waals surface area contributed by atoms with Crippen LogP contribution in [-0.4, -0.2) is 21.0 Å². The fourth-order valence-corrected chi connectivity index (χ4v) is 2.48. The van der Waals surface area contributed by atoms with Crippen LogP contribution in [0.3, 0.4) is 0 Å². The second-order valence-corrected chi connectivity index (χ2v) is 5.87. The van der Waals surface area contributed by atoms with Gasteiger partial charge in [0.25, 0.3) is 5.69 Å². The number of nitrogens with zero attached hydrogens (tertiary/aromatic N) is 1. The first kappa shape index (κ1) is 18.6. The van der Waals surface area contributed by atoms with Gasteiger partial charge in [0.1, 0.15) is 5.75 Å². The minimum Gasteiger partial charge on any atom is -0.506 e. The molecule has 0 saturated heterocycles. The highest BCUT2D eigenvalue weighted by Gasteiger charge is 2.13.